The number of nitrogens with one attached hydrogen (secondary N) is 2. The number of carbonyl (C=O) groups excluding carboxylic acids is 1. The fourth-order valence-corrected chi connectivity index (χ4v) is 1.94. The van der Waals surface area contributed by atoms with E-state index >= 15 is 0 Å². The molecular formula is C16H17FN2O2. The molecule has 1 atom stereocenters. The number of urea groups is 1. The summed E-state index contributed by atoms with van der Waals surface area (Å²) in [4.78, 5) is 11.7. The molecule has 21 heavy (non-hydrogen) atoms. The highest BCUT2D eigenvalue weighted by molar-refractivity contribution is 5.89. The quantitative estimate of drug-likeness (QED) is 0.810. The molecule has 2 amide bonds. The molecule has 3 N–H and O–H groups in total. The van der Waals surface area contributed by atoms with Crippen LogP contribution in [0.4, 0.5) is 14.9 Å². The Labute approximate surface area is 122 Å². The molecule has 2 aromatic carbocycles. The second kappa shape index (κ2) is 6.85. The molecule has 4 nitrogen and oxygen atoms in total. The summed E-state index contributed by atoms with van der Waals surface area (Å²) < 4.78 is 13.5. The van der Waals surface area contributed by atoms with Crippen molar-refractivity contribution in [2.45, 2.75) is 13.0 Å². The lowest BCUT2D eigenvalue weighted by Crippen LogP contribution is -2.32. The van der Waals surface area contributed by atoms with Crippen molar-refractivity contribution in [1.82, 2.24) is 5.32 Å². The Morgan fingerprint density at radius 1 is 1.24 bits per heavy atom. The van der Waals surface area contributed by atoms with Crippen LogP contribution in [0, 0.1) is 12.7 Å². The van der Waals surface area contributed by atoms with Gasteiger partial charge in [0.05, 0.1) is 6.10 Å². The lowest BCUT2D eigenvalue weighted by Gasteiger charge is -2.13. The van der Waals surface area contributed by atoms with Crippen molar-refractivity contribution >= 4 is 11.7 Å². The molecule has 2 rings (SSSR count). The van der Waals surface area contributed by atoms with Crippen LogP contribution in [0.1, 0.15) is 17.2 Å². The Morgan fingerprint density at radius 3 is 2.71 bits per heavy atom. The summed E-state index contributed by atoms with van der Waals surface area (Å²) in [7, 11) is 0. The van der Waals surface area contributed by atoms with Gasteiger partial charge in [-0.1, -0.05) is 30.3 Å². The summed E-state index contributed by atoms with van der Waals surface area (Å²) in [5.41, 5.74) is 1.85. The van der Waals surface area contributed by atoms with Gasteiger partial charge in [0, 0.05) is 17.8 Å². The van der Waals surface area contributed by atoms with Gasteiger partial charge in [-0.2, -0.15) is 0 Å². The first kappa shape index (κ1) is 15.0. The normalized spacial score (nSPS) is 11.8. The molecule has 2 aromatic rings. The minimum absolute atomic E-state index is 0.0709. The summed E-state index contributed by atoms with van der Waals surface area (Å²) in [6, 6.07) is 12.8. The van der Waals surface area contributed by atoms with E-state index in [4.69, 9.17) is 0 Å². The molecule has 0 aromatic heterocycles. The largest absolute Gasteiger partial charge is 0.386 e. The van der Waals surface area contributed by atoms with Gasteiger partial charge in [0.1, 0.15) is 5.82 Å². The van der Waals surface area contributed by atoms with Crippen molar-refractivity contribution in [2.24, 2.45) is 0 Å². The molecule has 5 heteroatoms. The number of aryl methyl sites for hydroxylation is 1. The zero-order valence-electron chi connectivity index (χ0n) is 11.6. The number of benzene rings is 2. The SMILES string of the molecule is Cc1cccc(NC(=O)NCC(O)c2ccccc2F)c1. The van der Waals surface area contributed by atoms with Crippen molar-refractivity contribution < 1.29 is 14.3 Å². The van der Waals surface area contributed by atoms with Gasteiger partial charge in [0.15, 0.2) is 0 Å². The lowest BCUT2D eigenvalue weighted by molar-refractivity contribution is 0.170. The van der Waals surface area contributed by atoms with Gasteiger partial charge < -0.3 is 15.7 Å². The summed E-state index contributed by atoms with van der Waals surface area (Å²) >= 11 is 0. The fourth-order valence-electron chi connectivity index (χ4n) is 1.94. The summed E-state index contributed by atoms with van der Waals surface area (Å²) in [5, 5.41) is 15.0. The van der Waals surface area contributed by atoms with Crippen LogP contribution in [0.5, 0.6) is 0 Å². The molecule has 0 saturated carbocycles. The summed E-state index contributed by atoms with van der Waals surface area (Å²) in [5.74, 6) is -0.495. The predicted octanol–water partition coefficient (Wildman–Crippen LogP) is 2.99. The summed E-state index contributed by atoms with van der Waals surface area (Å²) in [6.45, 7) is 1.85. The van der Waals surface area contributed by atoms with E-state index in [1.54, 1.807) is 18.2 Å². The highest BCUT2D eigenvalue weighted by Crippen LogP contribution is 2.15. The predicted molar refractivity (Wildman–Crippen MR) is 79.6 cm³/mol. The molecule has 110 valence electrons. The molecule has 0 fully saturated rings. The van der Waals surface area contributed by atoms with Crippen LogP contribution in [-0.4, -0.2) is 17.7 Å². The van der Waals surface area contributed by atoms with E-state index in [1.165, 1.54) is 12.1 Å². The van der Waals surface area contributed by atoms with E-state index < -0.39 is 18.0 Å². The standard InChI is InChI=1S/C16H17FN2O2/c1-11-5-4-6-12(9-11)19-16(21)18-10-15(20)13-7-2-3-8-14(13)17/h2-9,15,20H,10H2,1H3,(H2,18,19,21). The molecule has 0 bridgehead atoms. The molecule has 0 aliphatic heterocycles. The van der Waals surface area contributed by atoms with Crippen molar-refractivity contribution in [1.29, 1.82) is 0 Å². The second-order valence-electron chi connectivity index (χ2n) is 4.74. The highest BCUT2D eigenvalue weighted by atomic mass is 19.1. The van der Waals surface area contributed by atoms with Gasteiger partial charge in [-0.15, -0.1) is 0 Å². The third-order valence-electron chi connectivity index (χ3n) is 3.00. The average molecular weight is 288 g/mol. The Bertz CT molecular complexity index is 631. The van der Waals surface area contributed by atoms with E-state index in [1.807, 2.05) is 25.1 Å². The maximum Gasteiger partial charge on any atom is 0.319 e. The van der Waals surface area contributed by atoms with Gasteiger partial charge >= 0.3 is 6.03 Å². The van der Waals surface area contributed by atoms with Gasteiger partial charge in [0.25, 0.3) is 0 Å². The van der Waals surface area contributed by atoms with Crippen LogP contribution in [-0.2, 0) is 0 Å². The molecular weight excluding hydrogens is 271 g/mol. The van der Waals surface area contributed by atoms with Crippen LogP contribution in [0.25, 0.3) is 0 Å². The van der Waals surface area contributed by atoms with Crippen molar-refractivity contribution in [3.8, 4) is 0 Å². The number of aliphatic hydroxyl groups excluding tert-OH is 1. The molecule has 0 heterocycles. The number of amides is 2. The second-order valence-corrected chi connectivity index (χ2v) is 4.74. The molecule has 1 unspecified atom stereocenters. The first-order chi connectivity index (χ1) is 10.1. The molecule has 0 radical (unpaired) electrons. The molecule has 0 saturated heterocycles. The first-order valence-corrected chi connectivity index (χ1v) is 6.60. The first-order valence-electron chi connectivity index (χ1n) is 6.60. The minimum Gasteiger partial charge on any atom is -0.386 e. The zero-order valence-corrected chi connectivity index (χ0v) is 11.6. The van der Waals surface area contributed by atoms with E-state index in [2.05, 4.69) is 10.6 Å². The van der Waals surface area contributed by atoms with E-state index in [-0.39, 0.29) is 12.1 Å². The number of hydrogen-bond acceptors (Lipinski definition) is 2. The van der Waals surface area contributed by atoms with Crippen molar-refractivity contribution in [3.63, 3.8) is 0 Å². The highest BCUT2D eigenvalue weighted by Gasteiger charge is 2.13. The molecule has 0 aliphatic rings. The van der Waals surface area contributed by atoms with Gasteiger partial charge in [0.2, 0.25) is 0 Å². The van der Waals surface area contributed by atoms with Gasteiger partial charge in [-0.25, -0.2) is 9.18 Å². The average Bonchev–Trinajstić information content (AvgIpc) is 2.45. The Morgan fingerprint density at radius 2 is 2.00 bits per heavy atom. The third-order valence-corrected chi connectivity index (χ3v) is 3.00. The Kier molecular flexibility index (Phi) is 4.90. The zero-order chi connectivity index (χ0) is 15.2. The number of rotatable bonds is 4. The summed E-state index contributed by atoms with van der Waals surface area (Å²) in [6.07, 6.45) is -1.09. The van der Waals surface area contributed by atoms with E-state index in [9.17, 15) is 14.3 Å². The number of halogens is 1. The third kappa shape index (κ3) is 4.29. The van der Waals surface area contributed by atoms with Gasteiger partial charge in [-0.05, 0) is 30.7 Å². The number of carbonyl (C=O) groups is 1. The van der Waals surface area contributed by atoms with Crippen LogP contribution in [0.3, 0.4) is 0 Å². The fraction of sp³-hybridized carbons (Fsp3) is 0.188. The maximum absolute atomic E-state index is 13.5. The van der Waals surface area contributed by atoms with E-state index in [0.717, 1.165) is 5.56 Å². The molecule has 0 spiro atoms. The number of hydrogen-bond donors (Lipinski definition) is 3. The van der Waals surface area contributed by atoms with Crippen LogP contribution < -0.4 is 10.6 Å². The molecule has 0 aliphatic carbocycles. The lowest BCUT2D eigenvalue weighted by atomic mass is 10.1. The van der Waals surface area contributed by atoms with Crippen molar-refractivity contribution in [2.75, 3.05) is 11.9 Å². The number of aliphatic hydroxyl groups is 1. The number of anilines is 1. The van der Waals surface area contributed by atoms with Gasteiger partial charge in [-0.3, -0.25) is 0 Å². The van der Waals surface area contributed by atoms with Crippen LogP contribution in [0.15, 0.2) is 48.5 Å². The monoisotopic (exact) mass is 288 g/mol. The smallest absolute Gasteiger partial charge is 0.319 e. The van der Waals surface area contributed by atoms with Crippen LogP contribution in [0.2, 0.25) is 0 Å². The maximum atomic E-state index is 13.5. The minimum atomic E-state index is -1.09. The topological polar surface area (TPSA) is 61.4 Å². The van der Waals surface area contributed by atoms with Crippen LogP contribution >= 0.6 is 0 Å². The van der Waals surface area contributed by atoms with Crippen molar-refractivity contribution in [3.05, 3.63) is 65.5 Å². The van der Waals surface area contributed by atoms with E-state index in [0.29, 0.717) is 5.69 Å². The Hall–Kier alpha value is -2.40. The Balaban J connectivity index is 1.88.